The molecule has 0 spiro atoms. The molecule has 0 saturated heterocycles. The number of halogens is 3. The zero-order valence-corrected chi connectivity index (χ0v) is 11.8. The Labute approximate surface area is 117 Å². The van der Waals surface area contributed by atoms with E-state index in [1.54, 1.807) is 6.07 Å². The summed E-state index contributed by atoms with van der Waals surface area (Å²) >= 11 is 0. The van der Waals surface area contributed by atoms with Gasteiger partial charge in [-0.15, -0.1) is 13.2 Å². The lowest BCUT2D eigenvalue weighted by atomic mass is 9.81. The first-order chi connectivity index (χ1) is 9.32. The van der Waals surface area contributed by atoms with Gasteiger partial charge in [-0.05, 0) is 48.9 Å². The third kappa shape index (κ3) is 3.66. The number of rotatable bonds is 4. The third-order valence-electron chi connectivity index (χ3n) is 4.00. The topological polar surface area (TPSA) is 21.3 Å². The lowest BCUT2D eigenvalue weighted by molar-refractivity contribution is -0.274. The largest absolute Gasteiger partial charge is 0.573 e. The molecule has 5 heteroatoms. The molecule has 1 saturated carbocycles. The van der Waals surface area contributed by atoms with Gasteiger partial charge >= 0.3 is 6.36 Å². The molecule has 2 atom stereocenters. The first-order valence-corrected chi connectivity index (χ1v) is 6.92. The van der Waals surface area contributed by atoms with Crippen LogP contribution in [0.2, 0.25) is 0 Å². The fraction of sp³-hybridized carbons (Fsp3) is 0.600. The zero-order valence-electron chi connectivity index (χ0n) is 11.8. The summed E-state index contributed by atoms with van der Waals surface area (Å²) in [6.07, 6.45) is -1.67. The van der Waals surface area contributed by atoms with E-state index < -0.39 is 6.36 Å². The van der Waals surface area contributed by atoms with Crippen molar-refractivity contribution in [3.63, 3.8) is 0 Å². The van der Waals surface area contributed by atoms with Crippen LogP contribution in [0.5, 0.6) is 5.75 Å². The van der Waals surface area contributed by atoms with Crippen molar-refractivity contribution in [2.75, 3.05) is 6.54 Å². The molecule has 0 heterocycles. The number of benzene rings is 1. The maximum atomic E-state index is 12.3. The van der Waals surface area contributed by atoms with E-state index in [1.807, 2.05) is 6.07 Å². The minimum atomic E-state index is -4.64. The van der Waals surface area contributed by atoms with Crippen LogP contribution in [0, 0.1) is 0 Å². The lowest BCUT2D eigenvalue weighted by Crippen LogP contribution is -2.28. The van der Waals surface area contributed by atoms with E-state index in [9.17, 15) is 13.2 Å². The Morgan fingerprint density at radius 2 is 2.15 bits per heavy atom. The summed E-state index contributed by atoms with van der Waals surface area (Å²) in [5.74, 6) is -0.136. The van der Waals surface area contributed by atoms with E-state index in [1.165, 1.54) is 12.1 Å². The fourth-order valence-corrected chi connectivity index (χ4v) is 3.03. The van der Waals surface area contributed by atoms with Gasteiger partial charge < -0.3 is 10.1 Å². The van der Waals surface area contributed by atoms with Crippen molar-refractivity contribution in [1.29, 1.82) is 0 Å². The van der Waals surface area contributed by atoms with Crippen LogP contribution >= 0.6 is 0 Å². The van der Waals surface area contributed by atoms with Gasteiger partial charge in [-0.2, -0.15) is 0 Å². The van der Waals surface area contributed by atoms with Gasteiger partial charge in [0.2, 0.25) is 0 Å². The Balaban J connectivity index is 2.15. The summed E-state index contributed by atoms with van der Waals surface area (Å²) in [5.41, 5.74) is 0.831. The van der Waals surface area contributed by atoms with Crippen molar-refractivity contribution in [3.8, 4) is 5.75 Å². The lowest BCUT2D eigenvalue weighted by Gasteiger charge is -2.25. The van der Waals surface area contributed by atoms with E-state index in [0.717, 1.165) is 31.4 Å². The molecule has 2 rings (SSSR count). The molecule has 0 radical (unpaired) electrons. The molecule has 1 aromatic rings. The van der Waals surface area contributed by atoms with E-state index in [-0.39, 0.29) is 11.2 Å². The SMILES string of the molecule is CCNC1CCC(C)(c2cccc(OC(F)(F)F)c2)C1. The summed E-state index contributed by atoms with van der Waals surface area (Å²) in [4.78, 5) is 0. The minimum Gasteiger partial charge on any atom is -0.406 e. The van der Waals surface area contributed by atoms with Gasteiger partial charge in [0.25, 0.3) is 0 Å². The molecule has 0 bridgehead atoms. The van der Waals surface area contributed by atoms with Crippen LogP contribution in [0.15, 0.2) is 24.3 Å². The second-order valence-electron chi connectivity index (χ2n) is 5.63. The number of ether oxygens (including phenoxy) is 1. The van der Waals surface area contributed by atoms with Gasteiger partial charge in [-0.25, -0.2) is 0 Å². The van der Waals surface area contributed by atoms with Gasteiger partial charge in [-0.1, -0.05) is 26.0 Å². The highest BCUT2D eigenvalue weighted by atomic mass is 19.4. The van der Waals surface area contributed by atoms with Crippen molar-refractivity contribution in [2.45, 2.75) is 50.9 Å². The normalized spacial score (nSPS) is 26.8. The highest BCUT2D eigenvalue weighted by molar-refractivity contribution is 5.34. The Morgan fingerprint density at radius 3 is 2.80 bits per heavy atom. The first-order valence-electron chi connectivity index (χ1n) is 6.92. The van der Waals surface area contributed by atoms with Crippen molar-refractivity contribution in [3.05, 3.63) is 29.8 Å². The summed E-state index contributed by atoms with van der Waals surface area (Å²) < 4.78 is 40.8. The third-order valence-corrected chi connectivity index (χ3v) is 4.00. The van der Waals surface area contributed by atoms with Gasteiger partial charge in [0.15, 0.2) is 0 Å². The zero-order chi connectivity index (χ0) is 14.8. The summed E-state index contributed by atoms with van der Waals surface area (Å²) in [6.45, 7) is 5.09. The predicted molar refractivity (Wildman–Crippen MR) is 71.8 cm³/mol. The van der Waals surface area contributed by atoms with Crippen molar-refractivity contribution < 1.29 is 17.9 Å². The number of nitrogens with one attached hydrogen (secondary N) is 1. The summed E-state index contributed by atoms with van der Waals surface area (Å²) in [7, 11) is 0. The molecule has 20 heavy (non-hydrogen) atoms. The summed E-state index contributed by atoms with van der Waals surface area (Å²) in [5, 5.41) is 3.41. The molecule has 0 aromatic heterocycles. The maximum absolute atomic E-state index is 12.3. The van der Waals surface area contributed by atoms with Crippen LogP contribution in [0.25, 0.3) is 0 Å². The first kappa shape index (κ1) is 15.2. The predicted octanol–water partition coefficient (Wildman–Crippen LogP) is 4.00. The molecule has 1 aromatic carbocycles. The average Bonchev–Trinajstić information content (AvgIpc) is 2.71. The summed E-state index contributed by atoms with van der Waals surface area (Å²) in [6, 6.07) is 6.82. The van der Waals surface area contributed by atoms with E-state index in [2.05, 4.69) is 23.9 Å². The molecule has 1 aliphatic carbocycles. The average molecular weight is 287 g/mol. The molecule has 1 aliphatic rings. The minimum absolute atomic E-state index is 0.0855. The van der Waals surface area contributed by atoms with Crippen LogP contribution < -0.4 is 10.1 Å². The van der Waals surface area contributed by atoms with E-state index >= 15 is 0 Å². The van der Waals surface area contributed by atoms with Crippen LogP contribution in [0.3, 0.4) is 0 Å². The van der Waals surface area contributed by atoms with Crippen molar-refractivity contribution in [2.24, 2.45) is 0 Å². The van der Waals surface area contributed by atoms with Crippen LogP contribution in [0.1, 0.15) is 38.7 Å². The monoisotopic (exact) mass is 287 g/mol. The second-order valence-corrected chi connectivity index (χ2v) is 5.63. The van der Waals surface area contributed by atoms with E-state index in [4.69, 9.17) is 0 Å². The molecule has 112 valence electrons. The number of alkyl halides is 3. The molecule has 0 amide bonds. The number of hydrogen-bond donors (Lipinski definition) is 1. The maximum Gasteiger partial charge on any atom is 0.573 e. The fourth-order valence-electron chi connectivity index (χ4n) is 3.03. The Bertz CT molecular complexity index is 461. The molecular weight excluding hydrogens is 267 g/mol. The molecule has 1 N–H and O–H groups in total. The van der Waals surface area contributed by atoms with Crippen LogP contribution in [-0.2, 0) is 5.41 Å². The van der Waals surface area contributed by atoms with Gasteiger partial charge in [0, 0.05) is 6.04 Å². The Hall–Kier alpha value is -1.23. The number of hydrogen-bond acceptors (Lipinski definition) is 2. The Kier molecular flexibility index (Phi) is 4.28. The molecule has 2 unspecified atom stereocenters. The van der Waals surface area contributed by atoms with E-state index in [0.29, 0.717) is 6.04 Å². The molecule has 2 nitrogen and oxygen atoms in total. The smallest absolute Gasteiger partial charge is 0.406 e. The van der Waals surface area contributed by atoms with Gasteiger partial charge in [0.05, 0.1) is 0 Å². The second kappa shape index (κ2) is 5.64. The highest BCUT2D eigenvalue weighted by Crippen LogP contribution is 2.42. The highest BCUT2D eigenvalue weighted by Gasteiger charge is 2.37. The van der Waals surface area contributed by atoms with Gasteiger partial charge in [-0.3, -0.25) is 0 Å². The molecule has 0 aliphatic heterocycles. The molecule has 1 fully saturated rings. The van der Waals surface area contributed by atoms with Gasteiger partial charge in [0.1, 0.15) is 5.75 Å². The van der Waals surface area contributed by atoms with Crippen molar-refractivity contribution >= 4 is 0 Å². The quantitative estimate of drug-likeness (QED) is 0.903. The van der Waals surface area contributed by atoms with Crippen molar-refractivity contribution in [1.82, 2.24) is 5.32 Å². The van der Waals surface area contributed by atoms with Crippen LogP contribution in [0.4, 0.5) is 13.2 Å². The standard InChI is InChI=1S/C15H20F3NO/c1-3-19-12-7-8-14(2,10-12)11-5-4-6-13(9-11)20-15(16,17)18/h4-6,9,12,19H,3,7-8,10H2,1-2H3. The molecular formula is C15H20F3NO. The van der Waals surface area contributed by atoms with Crippen LogP contribution in [-0.4, -0.2) is 18.9 Å². The Morgan fingerprint density at radius 1 is 1.40 bits per heavy atom.